The number of imidazole rings is 1. The minimum absolute atomic E-state index is 0.130. The fraction of sp³-hybridized carbons (Fsp3) is 0.0400. The van der Waals surface area contributed by atoms with E-state index in [-0.39, 0.29) is 11.1 Å². The SMILES string of the molecule is N#CC(C#N)=c1nc(-c2ccccc2)/c(=C\c2sc(C(C#N)C#N)nc2-c2ccccc2)[nH]1. The van der Waals surface area contributed by atoms with Crippen LogP contribution in [0.1, 0.15) is 15.8 Å². The largest absolute Gasteiger partial charge is 0.337 e. The van der Waals surface area contributed by atoms with Gasteiger partial charge in [0.15, 0.2) is 17.0 Å². The van der Waals surface area contributed by atoms with Crippen LogP contribution in [0.2, 0.25) is 0 Å². The minimum atomic E-state index is -0.984. The Kier molecular flexibility index (Phi) is 6.05. The van der Waals surface area contributed by atoms with Gasteiger partial charge in [-0.15, -0.1) is 11.3 Å². The van der Waals surface area contributed by atoms with Crippen molar-refractivity contribution in [3.63, 3.8) is 0 Å². The quantitative estimate of drug-likeness (QED) is 0.513. The first-order valence-electron chi connectivity index (χ1n) is 9.71. The predicted molar refractivity (Wildman–Crippen MR) is 123 cm³/mol. The monoisotopic (exact) mass is 443 g/mol. The number of aromatic nitrogens is 3. The fourth-order valence-corrected chi connectivity index (χ4v) is 4.22. The smallest absolute Gasteiger partial charge is 0.184 e. The number of thiazole rings is 1. The molecule has 2 heterocycles. The number of rotatable bonds is 4. The number of hydrogen-bond acceptors (Lipinski definition) is 7. The molecule has 0 bridgehead atoms. The molecule has 0 aliphatic heterocycles. The average molecular weight is 443 g/mol. The maximum atomic E-state index is 9.36. The van der Waals surface area contributed by atoms with Gasteiger partial charge in [-0.05, 0) is 6.08 Å². The van der Waals surface area contributed by atoms with Crippen molar-refractivity contribution in [2.45, 2.75) is 5.92 Å². The number of nitrogens with zero attached hydrogens (tertiary/aromatic N) is 6. The molecule has 154 valence electrons. The Labute approximate surface area is 193 Å². The van der Waals surface area contributed by atoms with Gasteiger partial charge < -0.3 is 4.98 Å². The molecule has 0 unspecified atom stereocenters. The number of benzene rings is 2. The van der Waals surface area contributed by atoms with E-state index >= 15 is 0 Å². The highest BCUT2D eigenvalue weighted by molar-refractivity contribution is 7.13. The van der Waals surface area contributed by atoms with Gasteiger partial charge in [-0.25, -0.2) is 9.97 Å². The third kappa shape index (κ3) is 4.24. The van der Waals surface area contributed by atoms with Gasteiger partial charge in [0.2, 0.25) is 0 Å². The number of H-pyrrole nitrogens is 1. The Bertz CT molecular complexity index is 1570. The van der Waals surface area contributed by atoms with E-state index < -0.39 is 5.92 Å². The Hall–Kier alpha value is -5.02. The molecule has 2 aromatic heterocycles. The minimum Gasteiger partial charge on any atom is -0.337 e. The van der Waals surface area contributed by atoms with E-state index in [1.807, 2.05) is 91.0 Å². The molecule has 8 heteroatoms. The number of hydrogen-bond donors (Lipinski definition) is 1. The number of aromatic amines is 1. The van der Waals surface area contributed by atoms with E-state index in [1.165, 1.54) is 11.3 Å². The van der Waals surface area contributed by atoms with Crippen molar-refractivity contribution in [3.05, 3.63) is 81.4 Å². The van der Waals surface area contributed by atoms with Crippen LogP contribution in [0.15, 0.2) is 60.7 Å². The van der Waals surface area contributed by atoms with Gasteiger partial charge >= 0.3 is 0 Å². The molecule has 1 N–H and O–H groups in total. The molecule has 0 aliphatic rings. The Morgan fingerprint density at radius 1 is 0.818 bits per heavy atom. The summed E-state index contributed by atoms with van der Waals surface area (Å²) in [5.74, 6) is -0.984. The van der Waals surface area contributed by atoms with Crippen molar-refractivity contribution >= 4 is 23.0 Å². The lowest BCUT2D eigenvalue weighted by Gasteiger charge is -1.99. The van der Waals surface area contributed by atoms with E-state index in [0.29, 0.717) is 21.7 Å². The topological polar surface area (TPSA) is 137 Å². The van der Waals surface area contributed by atoms with Gasteiger partial charge in [0.25, 0.3) is 0 Å². The lowest BCUT2D eigenvalue weighted by molar-refractivity contribution is 1.07. The second kappa shape index (κ2) is 9.41. The molecule has 0 atom stereocenters. The first-order valence-corrected chi connectivity index (χ1v) is 10.5. The average Bonchev–Trinajstić information content (AvgIpc) is 3.47. The molecule has 0 saturated carbocycles. The standard InChI is InChI=1S/C25H13N7S/c26-12-18(13-27)24-30-20(22(31-24)16-7-3-1-4-8-16)11-21-23(17-9-5-2-6-10-17)32-25(33-21)19(14-28)15-29/h1-11,19,30H/b20-11+. The summed E-state index contributed by atoms with van der Waals surface area (Å²) in [7, 11) is 0. The second-order valence-corrected chi connectivity index (χ2v) is 7.84. The van der Waals surface area contributed by atoms with Crippen LogP contribution in [0.3, 0.4) is 0 Å². The molecule has 2 aromatic carbocycles. The molecule has 0 spiro atoms. The van der Waals surface area contributed by atoms with Crippen LogP contribution in [-0.2, 0) is 0 Å². The summed E-state index contributed by atoms with van der Waals surface area (Å²) in [4.78, 5) is 12.9. The molecular formula is C25H13N7S. The zero-order valence-electron chi connectivity index (χ0n) is 17.0. The fourth-order valence-electron chi connectivity index (χ4n) is 3.20. The molecule has 7 nitrogen and oxygen atoms in total. The van der Waals surface area contributed by atoms with E-state index in [2.05, 4.69) is 15.0 Å². The summed E-state index contributed by atoms with van der Waals surface area (Å²) in [6, 6.07) is 26.5. The van der Waals surface area contributed by atoms with Gasteiger partial charge in [0, 0.05) is 11.1 Å². The van der Waals surface area contributed by atoms with E-state index in [1.54, 1.807) is 0 Å². The maximum absolute atomic E-state index is 9.36. The summed E-state index contributed by atoms with van der Waals surface area (Å²) in [5, 5.41) is 38.3. The first-order chi connectivity index (χ1) is 16.2. The van der Waals surface area contributed by atoms with Gasteiger partial charge in [0.05, 0.1) is 33.8 Å². The molecule has 0 amide bonds. The third-order valence-corrected chi connectivity index (χ3v) is 5.80. The lowest BCUT2D eigenvalue weighted by atomic mass is 10.1. The summed E-state index contributed by atoms with van der Waals surface area (Å²) in [5.41, 5.74) is 2.88. The number of nitriles is 4. The highest BCUT2D eigenvalue weighted by Gasteiger charge is 2.19. The van der Waals surface area contributed by atoms with Crippen LogP contribution in [0, 0.1) is 45.3 Å². The zero-order chi connectivity index (χ0) is 23.2. The summed E-state index contributed by atoms with van der Waals surface area (Å²) in [6.45, 7) is 0. The second-order valence-electron chi connectivity index (χ2n) is 6.78. The molecule has 0 radical (unpaired) electrons. The van der Waals surface area contributed by atoms with Crippen LogP contribution in [0.4, 0.5) is 0 Å². The Morgan fingerprint density at radius 2 is 1.39 bits per heavy atom. The van der Waals surface area contributed by atoms with E-state index in [0.717, 1.165) is 16.0 Å². The molecule has 0 saturated heterocycles. The summed E-state index contributed by atoms with van der Waals surface area (Å²) < 4.78 is 0. The maximum Gasteiger partial charge on any atom is 0.184 e. The van der Waals surface area contributed by atoms with Crippen LogP contribution in [-0.4, -0.2) is 15.0 Å². The van der Waals surface area contributed by atoms with Crippen molar-refractivity contribution in [1.82, 2.24) is 15.0 Å². The van der Waals surface area contributed by atoms with Crippen LogP contribution >= 0.6 is 11.3 Å². The lowest BCUT2D eigenvalue weighted by Crippen LogP contribution is -2.13. The molecule has 0 aliphatic carbocycles. The first kappa shape index (κ1) is 21.2. The van der Waals surface area contributed by atoms with Crippen molar-refractivity contribution in [2.24, 2.45) is 0 Å². The van der Waals surface area contributed by atoms with Crippen LogP contribution in [0.5, 0.6) is 0 Å². The predicted octanol–water partition coefficient (Wildman–Crippen LogP) is 3.36. The molecule has 4 aromatic rings. The van der Waals surface area contributed by atoms with Gasteiger partial charge in [0.1, 0.15) is 17.1 Å². The van der Waals surface area contributed by atoms with Crippen molar-refractivity contribution in [3.8, 4) is 46.8 Å². The van der Waals surface area contributed by atoms with Gasteiger partial charge in [-0.1, -0.05) is 60.7 Å². The molecule has 4 rings (SSSR count). The molecular weight excluding hydrogens is 430 g/mol. The zero-order valence-corrected chi connectivity index (χ0v) is 17.8. The van der Waals surface area contributed by atoms with Gasteiger partial charge in [-0.2, -0.15) is 21.0 Å². The molecule has 0 fully saturated rings. The van der Waals surface area contributed by atoms with Crippen LogP contribution < -0.4 is 10.8 Å². The van der Waals surface area contributed by atoms with E-state index in [4.69, 9.17) is 0 Å². The Balaban J connectivity index is 2.03. The van der Waals surface area contributed by atoms with E-state index in [9.17, 15) is 21.0 Å². The third-order valence-electron chi connectivity index (χ3n) is 4.74. The normalized spacial score (nSPS) is 10.8. The van der Waals surface area contributed by atoms with Gasteiger partial charge in [-0.3, -0.25) is 0 Å². The molecule has 33 heavy (non-hydrogen) atoms. The summed E-state index contributed by atoms with van der Waals surface area (Å²) >= 11 is 1.24. The highest BCUT2D eigenvalue weighted by atomic mass is 32.1. The van der Waals surface area contributed by atoms with Crippen molar-refractivity contribution in [1.29, 1.82) is 21.0 Å². The van der Waals surface area contributed by atoms with Crippen LogP contribution in [0.25, 0.3) is 34.2 Å². The van der Waals surface area contributed by atoms with Crippen molar-refractivity contribution in [2.75, 3.05) is 0 Å². The number of nitrogens with one attached hydrogen (secondary N) is 1. The Morgan fingerprint density at radius 3 is 1.94 bits per heavy atom. The highest BCUT2D eigenvalue weighted by Crippen LogP contribution is 2.32. The van der Waals surface area contributed by atoms with Crippen molar-refractivity contribution < 1.29 is 0 Å². The summed E-state index contributed by atoms with van der Waals surface area (Å²) in [6.07, 6.45) is 1.82.